The van der Waals surface area contributed by atoms with E-state index < -0.39 is 0 Å². The van der Waals surface area contributed by atoms with E-state index in [9.17, 15) is 0 Å². The highest BCUT2D eigenvalue weighted by Crippen LogP contribution is 2.21. The van der Waals surface area contributed by atoms with Crippen molar-refractivity contribution >= 4 is 11.8 Å². The predicted octanol–water partition coefficient (Wildman–Crippen LogP) is 2.45. The Morgan fingerprint density at radius 3 is 2.80 bits per heavy atom. The van der Waals surface area contributed by atoms with E-state index in [1.165, 1.54) is 16.0 Å². The van der Waals surface area contributed by atoms with Crippen LogP contribution >= 0.6 is 11.8 Å². The van der Waals surface area contributed by atoms with Gasteiger partial charge in [0.05, 0.1) is 0 Å². The molecule has 0 aliphatic heterocycles. The van der Waals surface area contributed by atoms with Crippen molar-refractivity contribution in [2.24, 2.45) is 5.73 Å². The minimum absolute atomic E-state index is 0.619. The summed E-state index contributed by atoms with van der Waals surface area (Å²) in [5, 5.41) is 0. The van der Waals surface area contributed by atoms with E-state index in [2.05, 4.69) is 24.5 Å². The number of hydrogen-bond acceptors (Lipinski definition) is 3. The highest BCUT2D eigenvalue weighted by Gasteiger charge is 2.01. The molecule has 1 rings (SSSR count). The van der Waals surface area contributed by atoms with E-state index >= 15 is 0 Å². The van der Waals surface area contributed by atoms with Crippen molar-refractivity contribution in [3.8, 4) is 0 Å². The summed E-state index contributed by atoms with van der Waals surface area (Å²) in [6, 6.07) is 6.55. The topological polar surface area (TPSA) is 35.2 Å². The van der Waals surface area contributed by atoms with Crippen molar-refractivity contribution in [2.75, 3.05) is 20.0 Å². The lowest BCUT2D eigenvalue weighted by molar-refractivity contribution is 0.195. The Balaban J connectivity index is 2.66. The van der Waals surface area contributed by atoms with Gasteiger partial charge in [-0.1, -0.05) is 12.1 Å². The van der Waals surface area contributed by atoms with Crippen LogP contribution in [0.2, 0.25) is 0 Å². The van der Waals surface area contributed by atoms with E-state index in [-0.39, 0.29) is 0 Å². The molecule has 0 amide bonds. The average molecular weight is 225 g/mol. The summed E-state index contributed by atoms with van der Waals surface area (Å²) in [4.78, 5) is 1.29. The molecule has 0 saturated carbocycles. The van der Waals surface area contributed by atoms with Gasteiger partial charge in [-0.05, 0) is 36.3 Å². The van der Waals surface area contributed by atoms with Gasteiger partial charge < -0.3 is 10.5 Å². The molecule has 0 atom stereocenters. The van der Waals surface area contributed by atoms with Crippen LogP contribution in [-0.4, -0.2) is 20.0 Å². The molecule has 0 unspecified atom stereocenters. The van der Waals surface area contributed by atoms with Gasteiger partial charge in [-0.2, -0.15) is 0 Å². The lowest BCUT2D eigenvalue weighted by Gasteiger charge is -2.08. The molecule has 1 aromatic rings. The van der Waals surface area contributed by atoms with Gasteiger partial charge in [0.25, 0.3) is 0 Å². The van der Waals surface area contributed by atoms with Gasteiger partial charge in [0.1, 0.15) is 0 Å². The van der Waals surface area contributed by atoms with E-state index in [4.69, 9.17) is 10.5 Å². The zero-order valence-corrected chi connectivity index (χ0v) is 10.3. The summed E-state index contributed by atoms with van der Waals surface area (Å²) in [5.41, 5.74) is 8.31. The van der Waals surface area contributed by atoms with E-state index in [1.54, 1.807) is 18.9 Å². The molecule has 0 fully saturated rings. The molecule has 2 N–H and O–H groups in total. The van der Waals surface area contributed by atoms with Gasteiger partial charge in [-0.25, -0.2) is 0 Å². The van der Waals surface area contributed by atoms with Crippen LogP contribution in [-0.2, 0) is 17.7 Å². The molecular formula is C12H19NOS. The van der Waals surface area contributed by atoms with Crippen LogP contribution in [0.3, 0.4) is 0 Å². The number of ether oxygens (including phenoxy) is 1. The highest BCUT2D eigenvalue weighted by molar-refractivity contribution is 7.98. The molecule has 0 radical (unpaired) electrons. The van der Waals surface area contributed by atoms with Gasteiger partial charge in [-0.3, -0.25) is 0 Å². The van der Waals surface area contributed by atoms with Gasteiger partial charge in [0.2, 0.25) is 0 Å². The number of rotatable bonds is 6. The molecule has 2 nitrogen and oxygen atoms in total. The zero-order valence-electron chi connectivity index (χ0n) is 9.45. The third kappa shape index (κ3) is 3.86. The van der Waals surface area contributed by atoms with E-state index in [1.807, 2.05) is 0 Å². The number of nitrogens with two attached hydrogens (primary N) is 1. The monoisotopic (exact) mass is 225 g/mol. The van der Waals surface area contributed by atoms with Crippen molar-refractivity contribution in [2.45, 2.75) is 24.3 Å². The van der Waals surface area contributed by atoms with Crippen molar-refractivity contribution in [3.05, 3.63) is 29.3 Å². The minimum atomic E-state index is 0.619. The lowest BCUT2D eigenvalue weighted by atomic mass is 10.1. The van der Waals surface area contributed by atoms with E-state index in [0.29, 0.717) is 6.54 Å². The molecule has 0 bridgehead atoms. The van der Waals surface area contributed by atoms with Crippen LogP contribution in [0.5, 0.6) is 0 Å². The largest absolute Gasteiger partial charge is 0.385 e. The quantitative estimate of drug-likeness (QED) is 0.596. The predicted molar refractivity (Wildman–Crippen MR) is 66.3 cm³/mol. The van der Waals surface area contributed by atoms with Crippen LogP contribution in [0.1, 0.15) is 17.5 Å². The molecule has 84 valence electrons. The van der Waals surface area contributed by atoms with Crippen molar-refractivity contribution in [1.29, 1.82) is 0 Å². The highest BCUT2D eigenvalue weighted by atomic mass is 32.2. The second-order valence-electron chi connectivity index (χ2n) is 3.45. The van der Waals surface area contributed by atoms with E-state index in [0.717, 1.165) is 19.4 Å². The number of aryl methyl sites for hydroxylation is 1. The average Bonchev–Trinajstić information content (AvgIpc) is 2.29. The second kappa shape index (κ2) is 6.88. The van der Waals surface area contributed by atoms with Crippen LogP contribution in [0.4, 0.5) is 0 Å². The van der Waals surface area contributed by atoms with Gasteiger partial charge >= 0.3 is 0 Å². The van der Waals surface area contributed by atoms with Gasteiger partial charge in [-0.15, -0.1) is 11.8 Å². The maximum atomic E-state index is 5.71. The first-order valence-corrected chi connectivity index (χ1v) is 6.39. The van der Waals surface area contributed by atoms with Crippen LogP contribution in [0.25, 0.3) is 0 Å². The molecule has 0 aliphatic rings. The van der Waals surface area contributed by atoms with Crippen molar-refractivity contribution < 1.29 is 4.74 Å². The number of benzene rings is 1. The number of hydrogen-bond donors (Lipinski definition) is 1. The molecule has 1 aromatic carbocycles. The first-order chi connectivity index (χ1) is 7.31. The third-order valence-electron chi connectivity index (χ3n) is 2.38. The second-order valence-corrected chi connectivity index (χ2v) is 4.29. The van der Waals surface area contributed by atoms with Gasteiger partial charge in [0.15, 0.2) is 0 Å². The summed E-state index contributed by atoms with van der Waals surface area (Å²) in [5.74, 6) is 0. The molecule has 0 heterocycles. The summed E-state index contributed by atoms with van der Waals surface area (Å²) in [6.07, 6.45) is 4.22. The zero-order chi connectivity index (χ0) is 11.1. The Hall–Kier alpha value is -0.510. The Morgan fingerprint density at radius 1 is 1.40 bits per heavy atom. The third-order valence-corrected chi connectivity index (χ3v) is 3.22. The minimum Gasteiger partial charge on any atom is -0.385 e. The van der Waals surface area contributed by atoms with Crippen LogP contribution < -0.4 is 5.73 Å². The standard InChI is InChI=1S/C12H19NOS/c1-14-7-3-4-10-5-6-12(15-2)11(8-10)9-13/h5-6,8H,3-4,7,9,13H2,1-2H3. The Labute approximate surface area is 96.2 Å². The first kappa shape index (κ1) is 12.6. The first-order valence-electron chi connectivity index (χ1n) is 5.16. The summed E-state index contributed by atoms with van der Waals surface area (Å²) < 4.78 is 5.04. The van der Waals surface area contributed by atoms with Gasteiger partial charge in [0, 0.05) is 25.2 Å². The lowest BCUT2D eigenvalue weighted by Crippen LogP contribution is -2.00. The number of thioether (sulfide) groups is 1. The maximum absolute atomic E-state index is 5.71. The Kier molecular flexibility index (Phi) is 5.76. The molecule has 0 saturated heterocycles. The number of methoxy groups -OCH3 is 1. The Bertz CT molecular complexity index is 302. The maximum Gasteiger partial charge on any atom is 0.0465 e. The summed E-state index contributed by atoms with van der Waals surface area (Å²) in [7, 11) is 1.74. The molecular weight excluding hydrogens is 206 g/mol. The fourth-order valence-corrected chi connectivity index (χ4v) is 2.18. The SMILES string of the molecule is COCCCc1ccc(SC)c(CN)c1. The van der Waals surface area contributed by atoms with Crippen LogP contribution in [0.15, 0.2) is 23.1 Å². The fraction of sp³-hybridized carbons (Fsp3) is 0.500. The van der Waals surface area contributed by atoms with Crippen LogP contribution in [0, 0.1) is 0 Å². The summed E-state index contributed by atoms with van der Waals surface area (Å²) >= 11 is 1.75. The summed E-state index contributed by atoms with van der Waals surface area (Å²) in [6.45, 7) is 1.44. The molecule has 0 aromatic heterocycles. The molecule has 0 spiro atoms. The Morgan fingerprint density at radius 2 is 2.20 bits per heavy atom. The van der Waals surface area contributed by atoms with Crippen molar-refractivity contribution in [3.63, 3.8) is 0 Å². The smallest absolute Gasteiger partial charge is 0.0465 e. The fourth-order valence-electron chi connectivity index (χ4n) is 1.57. The molecule has 3 heteroatoms. The molecule has 15 heavy (non-hydrogen) atoms. The normalized spacial score (nSPS) is 10.6. The molecule has 0 aliphatic carbocycles. The van der Waals surface area contributed by atoms with Crippen molar-refractivity contribution in [1.82, 2.24) is 0 Å².